The number of nitrogens with zero attached hydrogens (tertiary/aromatic N) is 1. The summed E-state index contributed by atoms with van der Waals surface area (Å²) in [5.41, 5.74) is 2.41. The molecule has 2 aromatic rings. The molecule has 0 aliphatic carbocycles. The number of benzene rings is 1. The monoisotopic (exact) mass is 328 g/mol. The van der Waals surface area contributed by atoms with Crippen LogP contribution in [0.4, 0.5) is 0 Å². The molecule has 0 radical (unpaired) electrons. The Morgan fingerprint density at radius 2 is 1.83 bits per heavy atom. The third-order valence-corrected chi connectivity index (χ3v) is 4.58. The molecular formula is C20H28N2O2. The molecule has 24 heavy (non-hydrogen) atoms. The van der Waals surface area contributed by atoms with Gasteiger partial charge in [-0.2, -0.15) is 0 Å². The molecule has 2 rings (SSSR count). The smallest absolute Gasteiger partial charge is 0.219 e. The molecule has 1 heterocycles. The van der Waals surface area contributed by atoms with Crippen LogP contribution in [0.3, 0.4) is 0 Å². The van der Waals surface area contributed by atoms with Crippen LogP contribution in [0.5, 0.6) is 0 Å². The predicted octanol–water partition coefficient (Wildman–Crippen LogP) is 4.16. The van der Waals surface area contributed by atoms with E-state index in [1.807, 2.05) is 36.1 Å². The first-order chi connectivity index (χ1) is 11.5. The molecule has 0 bridgehead atoms. The molecule has 0 aliphatic heterocycles. The minimum Gasteiger partial charge on any atom is -0.356 e. The van der Waals surface area contributed by atoms with Gasteiger partial charge in [0.2, 0.25) is 5.91 Å². The van der Waals surface area contributed by atoms with Crippen molar-refractivity contribution in [2.24, 2.45) is 0 Å². The number of hydrogen-bond donors (Lipinski definition) is 1. The number of unbranched alkanes of at least 4 members (excludes halogenated alkanes) is 4. The van der Waals surface area contributed by atoms with E-state index in [-0.39, 0.29) is 11.3 Å². The molecule has 0 spiro atoms. The van der Waals surface area contributed by atoms with Crippen LogP contribution in [-0.2, 0) is 11.3 Å². The fourth-order valence-corrected chi connectivity index (χ4v) is 2.99. The highest BCUT2D eigenvalue weighted by Crippen LogP contribution is 2.14. The number of carbonyl (C=O) groups is 1. The Balaban J connectivity index is 2.14. The minimum absolute atomic E-state index is 0.0470. The van der Waals surface area contributed by atoms with E-state index in [0.717, 1.165) is 30.6 Å². The van der Waals surface area contributed by atoms with Crippen molar-refractivity contribution >= 4 is 16.8 Å². The molecule has 4 heteroatoms. The van der Waals surface area contributed by atoms with Crippen LogP contribution < -0.4 is 5.43 Å². The Hall–Kier alpha value is -2.10. The van der Waals surface area contributed by atoms with E-state index in [1.54, 1.807) is 6.92 Å². The van der Waals surface area contributed by atoms with Gasteiger partial charge in [0.25, 0.3) is 0 Å². The fraction of sp³-hybridized carbons (Fsp3) is 0.500. The summed E-state index contributed by atoms with van der Waals surface area (Å²) < 4.78 is 0. The SMILES string of the molecule is CCCCCCCN(Cc1[nH]c2ccccc2c(=O)c1C)C(C)=O. The normalized spacial score (nSPS) is 11.0. The van der Waals surface area contributed by atoms with Crippen LogP contribution in [0.15, 0.2) is 29.1 Å². The molecular weight excluding hydrogens is 300 g/mol. The van der Waals surface area contributed by atoms with E-state index >= 15 is 0 Å². The Kier molecular flexibility index (Phi) is 6.59. The number of H-pyrrole nitrogens is 1. The average molecular weight is 328 g/mol. The quantitative estimate of drug-likeness (QED) is 0.740. The van der Waals surface area contributed by atoms with Gasteiger partial charge in [-0.05, 0) is 25.5 Å². The Bertz CT molecular complexity index is 749. The zero-order valence-electron chi connectivity index (χ0n) is 15.0. The second-order valence-electron chi connectivity index (χ2n) is 6.46. The van der Waals surface area contributed by atoms with Crippen molar-refractivity contribution in [3.05, 3.63) is 45.7 Å². The summed E-state index contributed by atoms with van der Waals surface area (Å²) in [6.07, 6.45) is 5.83. The summed E-state index contributed by atoms with van der Waals surface area (Å²) >= 11 is 0. The molecule has 0 unspecified atom stereocenters. The van der Waals surface area contributed by atoms with Gasteiger partial charge in [0, 0.05) is 35.6 Å². The lowest BCUT2D eigenvalue weighted by Gasteiger charge is -2.22. The van der Waals surface area contributed by atoms with Crippen molar-refractivity contribution in [3.8, 4) is 0 Å². The van der Waals surface area contributed by atoms with Crippen molar-refractivity contribution in [1.29, 1.82) is 0 Å². The number of para-hydroxylation sites is 1. The van der Waals surface area contributed by atoms with Crippen molar-refractivity contribution < 1.29 is 4.79 Å². The predicted molar refractivity (Wildman–Crippen MR) is 99.2 cm³/mol. The van der Waals surface area contributed by atoms with Crippen LogP contribution in [0, 0.1) is 6.92 Å². The third kappa shape index (κ3) is 4.47. The maximum Gasteiger partial charge on any atom is 0.219 e. The highest BCUT2D eigenvalue weighted by molar-refractivity contribution is 5.79. The van der Waals surface area contributed by atoms with E-state index in [0.29, 0.717) is 17.5 Å². The summed E-state index contributed by atoms with van der Waals surface area (Å²) in [6, 6.07) is 7.52. The first-order valence-corrected chi connectivity index (χ1v) is 8.90. The number of amides is 1. The standard InChI is InChI=1S/C20H28N2O2/c1-4-5-6-7-10-13-22(16(3)23)14-19-15(2)20(24)17-11-8-9-12-18(17)21-19/h8-9,11-12H,4-7,10,13-14H2,1-3H3,(H,21,24). The van der Waals surface area contributed by atoms with Gasteiger partial charge in [0.05, 0.1) is 6.54 Å². The Morgan fingerprint density at radius 3 is 2.54 bits per heavy atom. The molecule has 130 valence electrons. The zero-order valence-corrected chi connectivity index (χ0v) is 15.0. The van der Waals surface area contributed by atoms with Crippen molar-refractivity contribution in [2.45, 2.75) is 59.4 Å². The number of rotatable bonds is 8. The fourth-order valence-electron chi connectivity index (χ4n) is 2.99. The summed E-state index contributed by atoms with van der Waals surface area (Å²) in [6.45, 7) is 6.84. The van der Waals surface area contributed by atoms with E-state index in [1.165, 1.54) is 19.3 Å². The van der Waals surface area contributed by atoms with Gasteiger partial charge in [-0.1, -0.05) is 44.7 Å². The first kappa shape index (κ1) is 18.2. The highest BCUT2D eigenvalue weighted by Gasteiger charge is 2.14. The van der Waals surface area contributed by atoms with E-state index < -0.39 is 0 Å². The molecule has 1 aromatic carbocycles. The van der Waals surface area contributed by atoms with Gasteiger partial charge < -0.3 is 9.88 Å². The Morgan fingerprint density at radius 1 is 1.12 bits per heavy atom. The summed E-state index contributed by atoms with van der Waals surface area (Å²) in [5.74, 6) is 0.0545. The number of pyridine rings is 1. The van der Waals surface area contributed by atoms with Crippen LogP contribution >= 0.6 is 0 Å². The van der Waals surface area contributed by atoms with Crippen LogP contribution in [0.1, 0.15) is 57.2 Å². The maximum atomic E-state index is 12.5. The Labute approximate surface area is 143 Å². The lowest BCUT2D eigenvalue weighted by Crippen LogP contribution is -2.31. The summed E-state index contributed by atoms with van der Waals surface area (Å²) in [5, 5.41) is 0.702. The summed E-state index contributed by atoms with van der Waals surface area (Å²) in [4.78, 5) is 29.6. The highest BCUT2D eigenvalue weighted by atomic mass is 16.2. The average Bonchev–Trinajstić information content (AvgIpc) is 2.57. The molecule has 1 N–H and O–H groups in total. The van der Waals surface area contributed by atoms with Crippen LogP contribution in [-0.4, -0.2) is 22.3 Å². The van der Waals surface area contributed by atoms with Gasteiger partial charge in [-0.3, -0.25) is 9.59 Å². The van der Waals surface area contributed by atoms with Crippen LogP contribution in [0.2, 0.25) is 0 Å². The lowest BCUT2D eigenvalue weighted by molar-refractivity contribution is -0.129. The molecule has 1 aromatic heterocycles. The topological polar surface area (TPSA) is 53.2 Å². The molecule has 0 fully saturated rings. The molecule has 1 amide bonds. The second-order valence-corrected chi connectivity index (χ2v) is 6.46. The molecule has 0 aliphatic rings. The van der Waals surface area contributed by atoms with Gasteiger partial charge in [-0.15, -0.1) is 0 Å². The lowest BCUT2D eigenvalue weighted by atomic mass is 10.1. The van der Waals surface area contributed by atoms with Crippen molar-refractivity contribution in [2.75, 3.05) is 6.54 Å². The number of carbonyl (C=O) groups excluding carboxylic acids is 1. The van der Waals surface area contributed by atoms with Crippen molar-refractivity contribution in [1.82, 2.24) is 9.88 Å². The molecule has 0 saturated heterocycles. The molecule has 0 atom stereocenters. The van der Waals surface area contributed by atoms with Crippen molar-refractivity contribution in [3.63, 3.8) is 0 Å². The van der Waals surface area contributed by atoms with Crippen LogP contribution in [0.25, 0.3) is 10.9 Å². The number of nitrogens with one attached hydrogen (secondary N) is 1. The third-order valence-electron chi connectivity index (χ3n) is 4.58. The maximum absolute atomic E-state index is 12.5. The number of aromatic amines is 1. The molecule has 4 nitrogen and oxygen atoms in total. The zero-order chi connectivity index (χ0) is 17.5. The number of fused-ring (bicyclic) bond motifs is 1. The van der Waals surface area contributed by atoms with E-state index in [4.69, 9.17) is 0 Å². The van der Waals surface area contributed by atoms with Gasteiger partial charge >= 0.3 is 0 Å². The largest absolute Gasteiger partial charge is 0.356 e. The second kappa shape index (κ2) is 8.67. The first-order valence-electron chi connectivity index (χ1n) is 8.90. The molecule has 0 saturated carbocycles. The number of hydrogen-bond acceptors (Lipinski definition) is 2. The van der Waals surface area contributed by atoms with Gasteiger partial charge in [0.15, 0.2) is 5.43 Å². The number of aromatic nitrogens is 1. The van der Waals surface area contributed by atoms with E-state index in [2.05, 4.69) is 11.9 Å². The van der Waals surface area contributed by atoms with E-state index in [9.17, 15) is 9.59 Å². The van der Waals surface area contributed by atoms with Gasteiger partial charge in [0.1, 0.15) is 0 Å². The summed E-state index contributed by atoms with van der Waals surface area (Å²) in [7, 11) is 0. The minimum atomic E-state index is 0.0470. The van der Waals surface area contributed by atoms with Gasteiger partial charge in [-0.25, -0.2) is 0 Å².